The van der Waals surface area contributed by atoms with Crippen LogP contribution in [0.4, 0.5) is 5.82 Å². The van der Waals surface area contributed by atoms with Crippen LogP contribution in [0, 0.1) is 0 Å². The fourth-order valence-electron chi connectivity index (χ4n) is 2.26. The highest BCUT2D eigenvalue weighted by atomic mass is 16.2. The summed E-state index contributed by atoms with van der Waals surface area (Å²) >= 11 is 0. The summed E-state index contributed by atoms with van der Waals surface area (Å²) in [5.74, 6) is 1.09. The zero-order valence-electron chi connectivity index (χ0n) is 12.8. The van der Waals surface area contributed by atoms with E-state index in [0.717, 1.165) is 31.0 Å². The van der Waals surface area contributed by atoms with Gasteiger partial charge in [-0.25, -0.2) is 4.98 Å². The smallest absolute Gasteiger partial charge is 0.237 e. The van der Waals surface area contributed by atoms with E-state index in [9.17, 15) is 4.79 Å². The van der Waals surface area contributed by atoms with E-state index < -0.39 is 0 Å². The van der Waals surface area contributed by atoms with Gasteiger partial charge in [0.25, 0.3) is 0 Å². The first-order valence-corrected chi connectivity index (χ1v) is 7.18. The zero-order chi connectivity index (χ0) is 14.7. The Labute approximate surface area is 121 Å². The summed E-state index contributed by atoms with van der Waals surface area (Å²) in [5.41, 5.74) is 1.15. The molecule has 1 amide bonds. The number of aromatic nitrogens is 1. The summed E-state index contributed by atoms with van der Waals surface area (Å²) in [6.45, 7) is 8.62. The first-order chi connectivity index (χ1) is 9.49. The molecule has 110 valence electrons. The molecule has 1 saturated heterocycles. The average molecular weight is 276 g/mol. The molecular formula is C15H24N4O. The van der Waals surface area contributed by atoms with Gasteiger partial charge in [0.1, 0.15) is 5.82 Å². The van der Waals surface area contributed by atoms with E-state index >= 15 is 0 Å². The van der Waals surface area contributed by atoms with Crippen LogP contribution in [0.2, 0.25) is 0 Å². The number of nitrogens with one attached hydrogen (secondary N) is 1. The molecule has 1 aromatic rings. The molecule has 0 spiro atoms. The molecule has 1 atom stereocenters. The number of amides is 1. The maximum atomic E-state index is 11.6. The predicted octanol–water partition coefficient (Wildman–Crippen LogP) is 1.25. The van der Waals surface area contributed by atoms with Gasteiger partial charge >= 0.3 is 0 Å². The first kappa shape index (κ1) is 14.8. The summed E-state index contributed by atoms with van der Waals surface area (Å²) < 4.78 is 0. The van der Waals surface area contributed by atoms with Gasteiger partial charge < -0.3 is 10.2 Å². The number of rotatable bonds is 4. The number of hydrogen-bond acceptors (Lipinski definition) is 4. The number of hydrogen-bond donors (Lipinski definition) is 1. The van der Waals surface area contributed by atoms with Crippen molar-refractivity contribution in [2.75, 3.05) is 25.0 Å². The van der Waals surface area contributed by atoms with Gasteiger partial charge in [0.15, 0.2) is 0 Å². The van der Waals surface area contributed by atoms with Crippen LogP contribution >= 0.6 is 0 Å². The summed E-state index contributed by atoms with van der Waals surface area (Å²) in [4.78, 5) is 20.5. The Balaban J connectivity index is 2.02. The molecule has 1 aliphatic rings. The van der Waals surface area contributed by atoms with Gasteiger partial charge in [-0.3, -0.25) is 9.69 Å². The molecule has 5 heteroatoms. The van der Waals surface area contributed by atoms with Crippen LogP contribution in [0.3, 0.4) is 0 Å². The monoisotopic (exact) mass is 276 g/mol. The van der Waals surface area contributed by atoms with E-state index in [1.807, 2.05) is 26.2 Å². The van der Waals surface area contributed by atoms with Gasteiger partial charge in [0.2, 0.25) is 5.91 Å². The summed E-state index contributed by atoms with van der Waals surface area (Å²) in [5, 5.41) is 2.88. The molecule has 1 aromatic heterocycles. The third-order valence-electron chi connectivity index (χ3n) is 3.96. The van der Waals surface area contributed by atoms with Crippen molar-refractivity contribution in [3.8, 4) is 0 Å². The maximum absolute atomic E-state index is 11.6. The number of nitrogens with zero attached hydrogens (tertiary/aromatic N) is 3. The SMILES string of the molecule is CC(C)N(C)c1ccc(CN2CCNC(=O)[C@@H]2C)cn1. The first-order valence-electron chi connectivity index (χ1n) is 7.18. The maximum Gasteiger partial charge on any atom is 0.237 e. The van der Waals surface area contributed by atoms with Crippen LogP contribution in [0.1, 0.15) is 26.3 Å². The molecule has 0 aromatic carbocycles. The highest BCUT2D eigenvalue weighted by molar-refractivity contribution is 5.81. The minimum Gasteiger partial charge on any atom is -0.357 e. The van der Waals surface area contributed by atoms with Gasteiger partial charge in [-0.15, -0.1) is 0 Å². The van der Waals surface area contributed by atoms with Crippen LogP contribution < -0.4 is 10.2 Å². The van der Waals surface area contributed by atoms with Crippen molar-refractivity contribution < 1.29 is 4.79 Å². The molecule has 0 saturated carbocycles. The summed E-state index contributed by atoms with van der Waals surface area (Å²) in [7, 11) is 2.05. The van der Waals surface area contributed by atoms with Crippen molar-refractivity contribution in [1.29, 1.82) is 0 Å². The number of carbonyl (C=O) groups is 1. The van der Waals surface area contributed by atoms with E-state index in [4.69, 9.17) is 0 Å². The van der Waals surface area contributed by atoms with Crippen molar-refractivity contribution in [2.45, 2.75) is 39.4 Å². The molecule has 1 N–H and O–H groups in total. The molecule has 0 unspecified atom stereocenters. The fourth-order valence-corrected chi connectivity index (χ4v) is 2.26. The minimum atomic E-state index is -0.0678. The Morgan fingerprint density at radius 2 is 2.25 bits per heavy atom. The highest BCUT2D eigenvalue weighted by Gasteiger charge is 2.25. The van der Waals surface area contributed by atoms with Crippen LogP contribution in [0.15, 0.2) is 18.3 Å². The van der Waals surface area contributed by atoms with Crippen molar-refractivity contribution >= 4 is 11.7 Å². The molecule has 2 heterocycles. The lowest BCUT2D eigenvalue weighted by Gasteiger charge is -2.32. The van der Waals surface area contributed by atoms with Crippen LogP contribution in [0.25, 0.3) is 0 Å². The number of piperazine rings is 1. The third-order valence-corrected chi connectivity index (χ3v) is 3.96. The molecule has 1 fully saturated rings. The Bertz CT molecular complexity index is 457. The van der Waals surface area contributed by atoms with Crippen LogP contribution in [0.5, 0.6) is 0 Å². The zero-order valence-corrected chi connectivity index (χ0v) is 12.8. The second-order valence-electron chi connectivity index (χ2n) is 5.67. The van der Waals surface area contributed by atoms with Gasteiger partial charge in [0.05, 0.1) is 6.04 Å². The molecule has 0 aliphatic carbocycles. The second-order valence-corrected chi connectivity index (χ2v) is 5.67. The van der Waals surface area contributed by atoms with Crippen molar-refractivity contribution in [3.05, 3.63) is 23.9 Å². The molecule has 5 nitrogen and oxygen atoms in total. The highest BCUT2D eigenvalue weighted by Crippen LogP contribution is 2.15. The van der Waals surface area contributed by atoms with E-state index in [0.29, 0.717) is 6.04 Å². The van der Waals surface area contributed by atoms with E-state index in [2.05, 4.69) is 40.0 Å². The summed E-state index contributed by atoms with van der Waals surface area (Å²) in [6, 6.07) is 4.51. The normalized spacial score (nSPS) is 20.1. The Morgan fingerprint density at radius 1 is 1.50 bits per heavy atom. The lowest BCUT2D eigenvalue weighted by Crippen LogP contribution is -2.53. The van der Waals surface area contributed by atoms with Crippen LogP contribution in [-0.2, 0) is 11.3 Å². The quantitative estimate of drug-likeness (QED) is 0.899. The standard InChI is InChI=1S/C15H24N4O/c1-11(2)18(4)14-6-5-13(9-17-14)10-19-8-7-16-15(20)12(19)3/h5-6,9,11-12H,7-8,10H2,1-4H3,(H,16,20)/t12-/m0/s1. The lowest BCUT2D eigenvalue weighted by molar-refractivity contribution is -0.128. The second kappa shape index (κ2) is 6.22. The van der Waals surface area contributed by atoms with Gasteiger partial charge in [-0.05, 0) is 32.4 Å². The largest absolute Gasteiger partial charge is 0.357 e. The predicted molar refractivity (Wildman–Crippen MR) is 80.7 cm³/mol. The van der Waals surface area contributed by atoms with E-state index in [1.165, 1.54) is 0 Å². The Hall–Kier alpha value is -1.62. The number of pyridine rings is 1. The molecule has 2 rings (SSSR count). The summed E-state index contributed by atoms with van der Waals surface area (Å²) in [6.07, 6.45) is 1.91. The fraction of sp³-hybridized carbons (Fsp3) is 0.600. The lowest BCUT2D eigenvalue weighted by atomic mass is 10.1. The molecule has 0 bridgehead atoms. The van der Waals surface area contributed by atoms with Gasteiger partial charge in [0, 0.05) is 38.9 Å². The van der Waals surface area contributed by atoms with E-state index in [-0.39, 0.29) is 11.9 Å². The Kier molecular flexibility index (Phi) is 4.60. The van der Waals surface area contributed by atoms with E-state index in [1.54, 1.807) is 0 Å². The molecule has 20 heavy (non-hydrogen) atoms. The minimum absolute atomic E-state index is 0.0678. The molecule has 1 aliphatic heterocycles. The number of anilines is 1. The number of carbonyl (C=O) groups excluding carboxylic acids is 1. The Morgan fingerprint density at radius 3 is 2.85 bits per heavy atom. The molecule has 0 radical (unpaired) electrons. The van der Waals surface area contributed by atoms with Crippen molar-refractivity contribution in [1.82, 2.24) is 15.2 Å². The van der Waals surface area contributed by atoms with Crippen molar-refractivity contribution in [3.63, 3.8) is 0 Å². The van der Waals surface area contributed by atoms with Crippen LogP contribution in [-0.4, -0.2) is 48.0 Å². The molecular weight excluding hydrogens is 252 g/mol. The third kappa shape index (κ3) is 3.28. The average Bonchev–Trinajstić information content (AvgIpc) is 2.44. The topological polar surface area (TPSA) is 48.5 Å². The van der Waals surface area contributed by atoms with Gasteiger partial charge in [-0.2, -0.15) is 0 Å². The van der Waals surface area contributed by atoms with Crippen molar-refractivity contribution in [2.24, 2.45) is 0 Å². The van der Waals surface area contributed by atoms with Gasteiger partial charge in [-0.1, -0.05) is 6.07 Å².